The Hall–Kier alpha value is -2.95. The van der Waals surface area contributed by atoms with Crippen molar-refractivity contribution in [2.75, 3.05) is 7.11 Å². The number of hydrogen-bond acceptors (Lipinski definition) is 5. The van der Waals surface area contributed by atoms with Gasteiger partial charge in [0.25, 0.3) is 0 Å². The smallest absolute Gasteiger partial charge is 0.178 e. The first-order valence-corrected chi connectivity index (χ1v) is 7.76. The first kappa shape index (κ1) is 15.9. The van der Waals surface area contributed by atoms with Crippen LogP contribution in [0.3, 0.4) is 0 Å². The van der Waals surface area contributed by atoms with Crippen LogP contribution in [-0.4, -0.2) is 28.2 Å². The summed E-state index contributed by atoms with van der Waals surface area (Å²) in [5, 5.41) is 0. The lowest BCUT2D eigenvalue weighted by Crippen LogP contribution is -2.05. The average molecular weight is 321 g/mol. The largest absolute Gasteiger partial charge is 0.497 e. The Labute approximate surface area is 141 Å². The van der Waals surface area contributed by atoms with Crippen molar-refractivity contribution in [3.8, 4) is 34.3 Å². The Morgan fingerprint density at radius 3 is 2.17 bits per heavy atom. The monoisotopic (exact) mass is 321 g/mol. The molecule has 0 saturated carbocycles. The van der Waals surface area contributed by atoms with Crippen molar-refractivity contribution >= 4 is 0 Å². The van der Waals surface area contributed by atoms with Crippen LogP contribution in [0.15, 0.2) is 54.9 Å². The van der Waals surface area contributed by atoms with Crippen molar-refractivity contribution in [1.29, 1.82) is 0 Å². The highest BCUT2D eigenvalue weighted by atomic mass is 16.5. The molecule has 0 amide bonds. The van der Waals surface area contributed by atoms with Crippen LogP contribution in [0.2, 0.25) is 0 Å². The Kier molecular flexibility index (Phi) is 4.70. The lowest BCUT2D eigenvalue weighted by atomic mass is 10.1. The van der Waals surface area contributed by atoms with Crippen molar-refractivity contribution < 1.29 is 9.47 Å². The van der Waals surface area contributed by atoms with Crippen LogP contribution >= 0.6 is 0 Å². The summed E-state index contributed by atoms with van der Waals surface area (Å²) < 4.78 is 11.1. The lowest BCUT2D eigenvalue weighted by Gasteiger charge is -2.11. The Morgan fingerprint density at radius 1 is 0.875 bits per heavy atom. The quantitative estimate of drug-likeness (QED) is 0.711. The van der Waals surface area contributed by atoms with Gasteiger partial charge in [0.15, 0.2) is 5.82 Å². The number of benzene rings is 1. The van der Waals surface area contributed by atoms with Crippen LogP contribution in [0.4, 0.5) is 0 Å². The summed E-state index contributed by atoms with van der Waals surface area (Å²) >= 11 is 0. The van der Waals surface area contributed by atoms with Gasteiger partial charge < -0.3 is 9.47 Å². The zero-order valence-electron chi connectivity index (χ0n) is 13.9. The normalized spacial score (nSPS) is 10.7. The van der Waals surface area contributed by atoms with Crippen LogP contribution in [0.1, 0.15) is 13.8 Å². The molecule has 2 aromatic heterocycles. The molecule has 3 aromatic rings. The van der Waals surface area contributed by atoms with Gasteiger partial charge in [-0.3, -0.25) is 0 Å². The zero-order valence-corrected chi connectivity index (χ0v) is 13.9. The highest BCUT2D eigenvalue weighted by Gasteiger charge is 2.09. The molecule has 0 aliphatic rings. The molecule has 0 aliphatic heterocycles. The maximum absolute atomic E-state index is 5.68. The summed E-state index contributed by atoms with van der Waals surface area (Å²) in [5.74, 6) is 2.12. The molecule has 0 aliphatic carbocycles. The molecule has 0 bridgehead atoms. The second kappa shape index (κ2) is 7.08. The summed E-state index contributed by atoms with van der Waals surface area (Å²) in [6.45, 7) is 4.01. The number of aromatic nitrogens is 3. The molecule has 24 heavy (non-hydrogen) atoms. The Bertz CT molecular complexity index is 803. The molecular weight excluding hydrogens is 302 g/mol. The van der Waals surface area contributed by atoms with Crippen LogP contribution in [0.5, 0.6) is 11.5 Å². The summed E-state index contributed by atoms with van der Waals surface area (Å²) in [5.41, 5.74) is 2.45. The van der Waals surface area contributed by atoms with Crippen LogP contribution in [-0.2, 0) is 0 Å². The molecule has 122 valence electrons. The van der Waals surface area contributed by atoms with Gasteiger partial charge in [0.2, 0.25) is 0 Å². The summed E-state index contributed by atoms with van der Waals surface area (Å²) in [4.78, 5) is 13.2. The third kappa shape index (κ3) is 3.68. The van der Waals surface area contributed by atoms with Gasteiger partial charge in [-0.25, -0.2) is 15.0 Å². The summed E-state index contributed by atoms with van der Waals surface area (Å²) in [6, 6.07) is 13.3. The van der Waals surface area contributed by atoms with Crippen molar-refractivity contribution in [3.05, 3.63) is 54.9 Å². The van der Waals surface area contributed by atoms with E-state index >= 15 is 0 Å². The molecule has 0 spiro atoms. The van der Waals surface area contributed by atoms with Gasteiger partial charge in [-0.2, -0.15) is 0 Å². The van der Waals surface area contributed by atoms with Crippen molar-refractivity contribution in [1.82, 2.24) is 15.0 Å². The predicted octanol–water partition coefficient (Wildman–Crippen LogP) is 4.00. The van der Waals surface area contributed by atoms with E-state index in [1.165, 1.54) is 0 Å². The minimum absolute atomic E-state index is 0.146. The molecule has 1 aromatic carbocycles. The van der Waals surface area contributed by atoms with E-state index in [0.717, 1.165) is 17.0 Å². The van der Waals surface area contributed by atoms with Gasteiger partial charge >= 0.3 is 0 Å². The maximum Gasteiger partial charge on any atom is 0.178 e. The van der Waals surface area contributed by atoms with Gasteiger partial charge in [-0.1, -0.05) is 0 Å². The van der Waals surface area contributed by atoms with E-state index in [2.05, 4.69) is 15.0 Å². The van der Waals surface area contributed by atoms with Gasteiger partial charge in [0.05, 0.1) is 18.9 Å². The Morgan fingerprint density at radius 2 is 1.54 bits per heavy atom. The van der Waals surface area contributed by atoms with Crippen molar-refractivity contribution in [2.24, 2.45) is 0 Å². The fourth-order valence-electron chi connectivity index (χ4n) is 2.29. The number of ether oxygens (including phenoxy) is 2. The number of hydrogen-bond donors (Lipinski definition) is 0. The first-order valence-electron chi connectivity index (χ1n) is 7.76. The number of nitrogens with zero attached hydrogens (tertiary/aromatic N) is 3. The average Bonchev–Trinajstić information content (AvgIpc) is 2.62. The first-order chi connectivity index (χ1) is 11.7. The van der Waals surface area contributed by atoms with E-state index < -0.39 is 0 Å². The van der Waals surface area contributed by atoms with E-state index in [1.807, 2.05) is 50.2 Å². The van der Waals surface area contributed by atoms with E-state index in [4.69, 9.17) is 9.47 Å². The molecule has 0 saturated heterocycles. The molecule has 5 nitrogen and oxygen atoms in total. The molecule has 0 atom stereocenters. The van der Waals surface area contributed by atoms with E-state index in [-0.39, 0.29) is 6.10 Å². The van der Waals surface area contributed by atoms with Crippen LogP contribution in [0.25, 0.3) is 22.8 Å². The van der Waals surface area contributed by atoms with Crippen LogP contribution < -0.4 is 9.47 Å². The molecule has 3 rings (SSSR count). The highest BCUT2D eigenvalue weighted by molar-refractivity contribution is 5.66. The van der Waals surface area contributed by atoms with E-state index in [0.29, 0.717) is 17.3 Å². The molecule has 0 radical (unpaired) electrons. The molecule has 5 heteroatoms. The van der Waals surface area contributed by atoms with Gasteiger partial charge in [0, 0.05) is 30.1 Å². The topological polar surface area (TPSA) is 57.1 Å². The minimum Gasteiger partial charge on any atom is -0.497 e. The molecular formula is C19H19N3O2. The second-order valence-electron chi connectivity index (χ2n) is 5.54. The van der Waals surface area contributed by atoms with Crippen molar-refractivity contribution in [2.45, 2.75) is 20.0 Å². The molecule has 0 fully saturated rings. The fourth-order valence-corrected chi connectivity index (χ4v) is 2.29. The lowest BCUT2D eigenvalue weighted by molar-refractivity contribution is 0.242. The third-order valence-electron chi connectivity index (χ3n) is 3.35. The van der Waals surface area contributed by atoms with Crippen LogP contribution in [0, 0.1) is 0 Å². The van der Waals surface area contributed by atoms with Gasteiger partial charge in [0.1, 0.15) is 17.2 Å². The molecule has 0 N–H and O–H groups in total. The minimum atomic E-state index is 0.146. The number of methoxy groups -OCH3 is 1. The Balaban J connectivity index is 1.98. The highest BCUT2D eigenvalue weighted by Crippen LogP contribution is 2.28. The van der Waals surface area contributed by atoms with E-state index in [1.54, 1.807) is 25.6 Å². The molecule has 2 heterocycles. The number of pyridine rings is 1. The maximum atomic E-state index is 5.68. The van der Waals surface area contributed by atoms with Gasteiger partial charge in [-0.15, -0.1) is 0 Å². The standard InChI is InChI=1S/C19H19N3O2/c1-13(2)24-15-7-5-14(6-8-15)17-11-16(23-3)12-18(22-17)19-20-9-4-10-21-19/h4-13H,1-3H3. The third-order valence-corrected chi connectivity index (χ3v) is 3.35. The van der Waals surface area contributed by atoms with Crippen molar-refractivity contribution in [3.63, 3.8) is 0 Å². The summed E-state index contributed by atoms with van der Waals surface area (Å²) in [7, 11) is 1.63. The SMILES string of the molecule is COc1cc(-c2ccc(OC(C)C)cc2)nc(-c2ncccn2)c1. The fraction of sp³-hybridized carbons (Fsp3) is 0.211. The molecule has 0 unspecified atom stereocenters. The zero-order chi connectivity index (χ0) is 16.9. The van der Waals surface area contributed by atoms with E-state index in [9.17, 15) is 0 Å². The number of rotatable bonds is 5. The summed E-state index contributed by atoms with van der Waals surface area (Å²) in [6.07, 6.45) is 3.54. The van der Waals surface area contributed by atoms with Gasteiger partial charge in [-0.05, 0) is 44.2 Å². The second-order valence-corrected chi connectivity index (χ2v) is 5.54. The predicted molar refractivity (Wildman–Crippen MR) is 93.0 cm³/mol.